The highest BCUT2D eigenvalue weighted by Gasteiger charge is 2.22. The topological polar surface area (TPSA) is 71.2 Å². The average Bonchev–Trinajstić information content (AvgIpc) is 3.20. The number of rotatable bonds is 5. The van der Waals surface area contributed by atoms with Gasteiger partial charge in [0, 0.05) is 31.7 Å². The van der Waals surface area contributed by atoms with Gasteiger partial charge in [-0.3, -0.25) is 14.6 Å². The van der Waals surface area contributed by atoms with Crippen LogP contribution in [0, 0.1) is 0 Å². The molecule has 27 heavy (non-hydrogen) atoms. The van der Waals surface area contributed by atoms with Gasteiger partial charge in [-0.15, -0.1) is 0 Å². The standard InChI is InChI=1S/C21H22N4O2/c26-21(27)20-8-11-25(23-20)19-7-3-10-24(15-19)14-16-4-1-5-17(12-16)18-6-2-9-22-13-18/h1-2,4-6,8-9,11-13,19H,3,7,10,14-15H2,(H,26,27). The van der Waals surface area contributed by atoms with Gasteiger partial charge in [-0.2, -0.15) is 5.10 Å². The number of hydrogen-bond acceptors (Lipinski definition) is 4. The number of pyridine rings is 1. The van der Waals surface area contributed by atoms with Crippen molar-refractivity contribution in [3.05, 3.63) is 72.3 Å². The second kappa shape index (κ2) is 7.72. The molecule has 1 fully saturated rings. The third kappa shape index (κ3) is 4.06. The highest BCUT2D eigenvalue weighted by atomic mass is 16.4. The van der Waals surface area contributed by atoms with E-state index in [1.54, 1.807) is 18.5 Å². The quantitative estimate of drug-likeness (QED) is 0.752. The van der Waals surface area contributed by atoms with E-state index >= 15 is 0 Å². The Morgan fingerprint density at radius 2 is 2.07 bits per heavy atom. The van der Waals surface area contributed by atoms with Crippen LogP contribution in [0.2, 0.25) is 0 Å². The van der Waals surface area contributed by atoms with Crippen molar-refractivity contribution in [3.63, 3.8) is 0 Å². The maximum Gasteiger partial charge on any atom is 0.356 e. The van der Waals surface area contributed by atoms with E-state index in [2.05, 4.69) is 45.3 Å². The predicted molar refractivity (Wildman–Crippen MR) is 102 cm³/mol. The summed E-state index contributed by atoms with van der Waals surface area (Å²) in [7, 11) is 0. The zero-order valence-electron chi connectivity index (χ0n) is 15.0. The zero-order chi connectivity index (χ0) is 18.6. The number of nitrogens with zero attached hydrogens (tertiary/aromatic N) is 4. The molecule has 1 saturated heterocycles. The Morgan fingerprint density at radius 1 is 1.19 bits per heavy atom. The molecule has 4 rings (SSSR count). The van der Waals surface area contributed by atoms with Gasteiger partial charge >= 0.3 is 5.97 Å². The molecule has 1 unspecified atom stereocenters. The first-order chi connectivity index (χ1) is 13.2. The SMILES string of the molecule is O=C(O)c1ccn(C2CCCN(Cc3cccc(-c4cccnc4)c3)C2)n1. The molecular weight excluding hydrogens is 340 g/mol. The Kier molecular flexibility index (Phi) is 4.98. The smallest absolute Gasteiger partial charge is 0.356 e. The molecule has 1 N–H and O–H groups in total. The minimum Gasteiger partial charge on any atom is -0.476 e. The van der Waals surface area contributed by atoms with Crippen LogP contribution >= 0.6 is 0 Å². The Hall–Kier alpha value is -2.99. The molecule has 1 aliphatic heterocycles. The van der Waals surface area contributed by atoms with E-state index in [4.69, 9.17) is 5.11 Å². The van der Waals surface area contributed by atoms with Crippen LogP contribution < -0.4 is 0 Å². The summed E-state index contributed by atoms with van der Waals surface area (Å²) < 4.78 is 1.81. The monoisotopic (exact) mass is 362 g/mol. The molecule has 0 spiro atoms. The second-order valence-electron chi connectivity index (χ2n) is 6.96. The number of hydrogen-bond donors (Lipinski definition) is 1. The van der Waals surface area contributed by atoms with E-state index in [9.17, 15) is 4.79 Å². The fourth-order valence-electron chi connectivity index (χ4n) is 3.69. The molecule has 1 aliphatic rings. The van der Waals surface area contributed by atoms with Crippen molar-refractivity contribution in [3.8, 4) is 11.1 Å². The van der Waals surface area contributed by atoms with Crippen molar-refractivity contribution in [1.82, 2.24) is 19.7 Å². The van der Waals surface area contributed by atoms with E-state index in [1.165, 1.54) is 11.1 Å². The van der Waals surface area contributed by atoms with Gasteiger partial charge in [0.1, 0.15) is 0 Å². The molecule has 0 amide bonds. The molecule has 1 aromatic carbocycles. The van der Waals surface area contributed by atoms with Gasteiger partial charge in [0.05, 0.1) is 6.04 Å². The number of benzene rings is 1. The van der Waals surface area contributed by atoms with Crippen LogP contribution in [0.25, 0.3) is 11.1 Å². The maximum absolute atomic E-state index is 11.1. The van der Waals surface area contributed by atoms with Gasteiger partial charge in [0.15, 0.2) is 5.69 Å². The number of aromatic nitrogens is 3. The summed E-state index contributed by atoms with van der Waals surface area (Å²) in [6, 6.07) is 14.4. The highest BCUT2D eigenvalue weighted by molar-refractivity contribution is 5.85. The average molecular weight is 362 g/mol. The number of carboxylic acids is 1. The van der Waals surface area contributed by atoms with Crippen LogP contribution in [0.3, 0.4) is 0 Å². The first-order valence-electron chi connectivity index (χ1n) is 9.19. The van der Waals surface area contributed by atoms with Gasteiger partial charge < -0.3 is 5.11 Å². The van der Waals surface area contributed by atoms with Gasteiger partial charge in [0.2, 0.25) is 0 Å². The largest absolute Gasteiger partial charge is 0.476 e. The molecular formula is C21H22N4O2. The van der Waals surface area contributed by atoms with Crippen molar-refractivity contribution in [2.24, 2.45) is 0 Å². The molecule has 0 radical (unpaired) electrons. The Balaban J connectivity index is 1.45. The third-order valence-corrected chi connectivity index (χ3v) is 5.01. The van der Waals surface area contributed by atoms with E-state index in [-0.39, 0.29) is 11.7 Å². The summed E-state index contributed by atoms with van der Waals surface area (Å²) >= 11 is 0. The maximum atomic E-state index is 11.1. The van der Waals surface area contributed by atoms with Crippen LogP contribution in [0.5, 0.6) is 0 Å². The van der Waals surface area contributed by atoms with E-state index in [0.717, 1.165) is 38.0 Å². The van der Waals surface area contributed by atoms with Gasteiger partial charge in [-0.1, -0.05) is 24.3 Å². The molecule has 6 heteroatoms. The molecule has 138 valence electrons. The van der Waals surface area contributed by atoms with Gasteiger partial charge in [-0.05, 0) is 54.3 Å². The normalized spacial score (nSPS) is 17.7. The molecule has 0 aliphatic carbocycles. The first-order valence-corrected chi connectivity index (χ1v) is 9.19. The number of carboxylic acid groups (broad SMARTS) is 1. The number of likely N-dealkylation sites (tertiary alicyclic amines) is 1. The lowest BCUT2D eigenvalue weighted by molar-refractivity contribution is 0.0688. The second-order valence-corrected chi connectivity index (χ2v) is 6.96. The fourth-order valence-corrected chi connectivity index (χ4v) is 3.69. The van der Waals surface area contributed by atoms with Crippen molar-refractivity contribution in [2.45, 2.75) is 25.4 Å². The van der Waals surface area contributed by atoms with Crippen LogP contribution in [0.1, 0.15) is 34.9 Å². The zero-order valence-corrected chi connectivity index (χ0v) is 15.0. The molecule has 3 aromatic rings. The lowest BCUT2D eigenvalue weighted by atomic mass is 10.0. The lowest BCUT2D eigenvalue weighted by Gasteiger charge is -2.33. The minimum atomic E-state index is -0.978. The van der Waals surface area contributed by atoms with Gasteiger partial charge in [0.25, 0.3) is 0 Å². The molecule has 6 nitrogen and oxygen atoms in total. The van der Waals surface area contributed by atoms with Crippen molar-refractivity contribution >= 4 is 5.97 Å². The molecule has 0 bridgehead atoms. The molecule has 0 saturated carbocycles. The Morgan fingerprint density at radius 3 is 2.85 bits per heavy atom. The lowest BCUT2D eigenvalue weighted by Crippen LogP contribution is -2.36. The first kappa shape index (κ1) is 17.4. The summed E-state index contributed by atoms with van der Waals surface area (Å²) in [6.45, 7) is 2.79. The Bertz CT molecular complexity index is 923. The summed E-state index contributed by atoms with van der Waals surface area (Å²) in [5.41, 5.74) is 3.67. The van der Waals surface area contributed by atoms with Crippen molar-refractivity contribution in [1.29, 1.82) is 0 Å². The van der Waals surface area contributed by atoms with E-state index in [0.29, 0.717) is 0 Å². The number of carbonyl (C=O) groups is 1. The summed E-state index contributed by atoms with van der Waals surface area (Å²) in [5.74, 6) is -0.978. The van der Waals surface area contributed by atoms with Crippen molar-refractivity contribution in [2.75, 3.05) is 13.1 Å². The van der Waals surface area contributed by atoms with Crippen LogP contribution in [0.15, 0.2) is 61.1 Å². The van der Waals surface area contributed by atoms with Crippen molar-refractivity contribution < 1.29 is 9.90 Å². The number of piperidine rings is 1. The third-order valence-electron chi connectivity index (χ3n) is 5.01. The fraction of sp³-hybridized carbons (Fsp3) is 0.286. The van der Waals surface area contributed by atoms with Crippen LogP contribution in [0.4, 0.5) is 0 Å². The Labute approximate surface area is 158 Å². The summed E-state index contributed by atoms with van der Waals surface area (Å²) in [4.78, 5) is 17.7. The van der Waals surface area contributed by atoms with E-state index < -0.39 is 5.97 Å². The summed E-state index contributed by atoms with van der Waals surface area (Å²) in [6.07, 6.45) is 7.54. The number of aromatic carboxylic acids is 1. The molecule has 3 heterocycles. The minimum absolute atomic E-state index is 0.108. The molecule has 2 aromatic heterocycles. The van der Waals surface area contributed by atoms with Gasteiger partial charge in [-0.25, -0.2) is 4.79 Å². The predicted octanol–water partition coefficient (Wildman–Crippen LogP) is 3.48. The van der Waals surface area contributed by atoms with Crippen LogP contribution in [-0.2, 0) is 6.54 Å². The molecule has 1 atom stereocenters. The van der Waals surface area contributed by atoms with Crippen LogP contribution in [-0.4, -0.2) is 43.8 Å². The highest BCUT2D eigenvalue weighted by Crippen LogP contribution is 2.24. The summed E-state index contributed by atoms with van der Waals surface area (Å²) in [5, 5.41) is 13.3. The van der Waals surface area contributed by atoms with E-state index in [1.807, 2.05) is 16.9 Å².